The fraction of sp³-hybridized carbons (Fsp3) is 0.0769. The number of nitrogens with one attached hydrogen (secondary N) is 1. The van der Waals surface area contributed by atoms with Gasteiger partial charge in [-0.15, -0.1) is 0 Å². The first-order valence-corrected chi connectivity index (χ1v) is 7.94. The number of aromatic nitrogens is 3. The highest BCUT2D eigenvalue weighted by molar-refractivity contribution is 7.98. The van der Waals surface area contributed by atoms with Crippen LogP contribution in [0.5, 0.6) is 5.88 Å². The second kappa shape index (κ2) is 5.66. The van der Waals surface area contributed by atoms with Gasteiger partial charge in [-0.25, -0.2) is 4.99 Å². The van der Waals surface area contributed by atoms with Crippen LogP contribution in [0.25, 0.3) is 10.8 Å². The van der Waals surface area contributed by atoms with Crippen LogP contribution in [0.15, 0.2) is 39.2 Å². The summed E-state index contributed by atoms with van der Waals surface area (Å²) in [5, 5.41) is 12.2. The number of rotatable bonds is 3. The van der Waals surface area contributed by atoms with Crippen LogP contribution in [0, 0.1) is 0 Å². The van der Waals surface area contributed by atoms with Crippen molar-refractivity contribution in [2.24, 2.45) is 4.99 Å². The Morgan fingerprint density at radius 2 is 2.14 bits per heavy atom. The van der Waals surface area contributed by atoms with Crippen LogP contribution in [0.1, 0.15) is 5.56 Å². The number of hydrogen-bond acceptors (Lipinski definition) is 7. The first kappa shape index (κ1) is 13.8. The molecule has 0 spiro atoms. The number of fused-ring (bicyclic) bond motifs is 1. The Hall–Kier alpha value is -2.19. The molecule has 3 aromatic rings. The molecule has 6 nitrogen and oxygen atoms in total. The Bertz CT molecular complexity index is 885. The number of pyridine rings is 1. The van der Waals surface area contributed by atoms with Crippen LogP contribution >= 0.6 is 23.3 Å². The minimum Gasteiger partial charge on any atom is -0.494 e. The molecule has 0 atom stereocenters. The van der Waals surface area contributed by atoms with E-state index in [-0.39, 0.29) is 11.4 Å². The Morgan fingerprint density at radius 3 is 2.86 bits per heavy atom. The van der Waals surface area contributed by atoms with Gasteiger partial charge in [-0.05, 0) is 12.3 Å². The van der Waals surface area contributed by atoms with Gasteiger partial charge in [-0.3, -0.25) is 9.78 Å². The molecule has 0 aliphatic rings. The number of H-pyrrole nitrogens is 1. The number of aromatic hydroxyl groups is 1. The third kappa shape index (κ3) is 2.67. The molecule has 0 saturated heterocycles. The number of benzene rings is 1. The summed E-state index contributed by atoms with van der Waals surface area (Å²) in [5.41, 5.74) is 0.118. The van der Waals surface area contributed by atoms with E-state index in [0.29, 0.717) is 26.6 Å². The molecule has 0 fully saturated rings. The normalized spacial score (nSPS) is 11.5. The highest BCUT2D eigenvalue weighted by atomic mass is 32.2. The lowest BCUT2D eigenvalue weighted by atomic mass is 10.1. The molecule has 106 valence electrons. The second-order valence-electron chi connectivity index (χ2n) is 4.08. The van der Waals surface area contributed by atoms with Crippen molar-refractivity contribution in [2.75, 3.05) is 6.26 Å². The smallest absolute Gasteiger partial charge is 0.258 e. The number of aromatic amines is 1. The summed E-state index contributed by atoms with van der Waals surface area (Å²) in [6, 6.07) is 7.03. The van der Waals surface area contributed by atoms with Crippen LogP contribution in [-0.4, -0.2) is 31.9 Å². The van der Waals surface area contributed by atoms with Crippen molar-refractivity contribution < 1.29 is 5.11 Å². The molecular weight excluding hydrogens is 308 g/mol. The molecule has 2 heterocycles. The van der Waals surface area contributed by atoms with Crippen molar-refractivity contribution in [1.82, 2.24) is 14.3 Å². The van der Waals surface area contributed by atoms with Crippen molar-refractivity contribution in [1.29, 1.82) is 0 Å². The molecule has 2 aromatic heterocycles. The van der Waals surface area contributed by atoms with Crippen molar-refractivity contribution in [3.8, 4) is 5.88 Å². The van der Waals surface area contributed by atoms with E-state index in [0.717, 1.165) is 0 Å². The molecule has 0 aliphatic carbocycles. The molecule has 3 rings (SSSR count). The molecular formula is C13H10N4O2S2. The Balaban J connectivity index is 2.10. The standard InChI is InChI=1S/C13H10N4O2S2/c1-20-13-16-12(21-17-13)14-6-9-7-4-2-3-5-8(7)10(18)15-11(9)19/h2-6H,1H3,(H2,15,18,19). The minimum absolute atomic E-state index is 0.211. The van der Waals surface area contributed by atoms with Gasteiger partial charge in [0.2, 0.25) is 16.2 Å². The molecule has 0 saturated carbocycles. The van der Waals surface area contributed by atoms with E-state index >= 15 is 0 Å². The second-order valence-corrected chi connectivity index (χ2v) is 5.59. The van der Waals surface area contributed by atoms with Gasteiger partial charge in [0, 0.05) is 28.5 Å². The maximum absolute atomic E-state index is 11.8. The van der Waals surface area contributed by atoms with E-state index in [2.05, 4.69) is 19.3 Å². The van der Waals surface area contributed by atoms with E-state index in [1.165, 1.54) is 29.5 Å². The summed E-state index contributed by atoms with van der Waals surface area (Å²) in [7, 11) is 0. The number of thioether (sulfide) groups is 1. The van der Waals surface area contributed by atoms with Gasteiger partial charge >= 0.3 is 0 Å². The summed E-state index contributed by atoms with van der Waals surface area (Å²) >= 11 is 2.61. The first-order chi connectivity index (χ1) is 10.2. The minimum atomic E-state index is -0.333. The highest BCUT2D eigenvalue weighted by Crippen LogP contribution is 2.23. The Kier molecular flexibility index (Phi) is 3.72. The maximum atomic E-state index is 11.8. The van der Waals surface area contributed by atoms with Gasteiger partial charge in [0.05, 0.1) is 5.56 Å². The molecule has 2 N–H and O–H groups in total. The van der Waals surface area contributed by atoms with E-state index < -0.39 is 0 Å². The lowest BCUT2D eigenvalue weighted by Gasteiger charge is -2.03. The van der Waals surface area contributed by atoms with Gasteiger partial charge in [-0.1, -0.05) is 30.0 Å². The predicted molar refractivity (Wildman–Crippen MR) is 85.2 cm³/mol. The van der Waals surface area contributed by atoms with E-state index in [4.69, 9.17) is 0 Å². The van der Waals surface area contributed by atoms with Crippen LogP contribution < -0.4 is 5.56 Å². The van der Waals surface area contributed by atoms with Gasteiger partial charge < -0.3 is 5.11 Å². The van der Waals surface area contributed by atoms with E-state index in [9.17, 15) is 9.90 Å². The van der Waals surface area contributed by atoms with E-state index in [1.807, 2.05) is 6.26 Å². The predicted octanol–water partition coefficient (Wildman–Crippen LogP) is 2.56. The molecule has 0 aliphatic heterocycles. The molecule has 0 radical (unpaired) electrons. The summed E-state index contributed by atoms with van der Waals surface area (Å²) in [5.74, 6) is -0.211. The third-order valence-electron chi connectivity index (χ3n) is 2.83. The molecule has 0 amide bonds. The lowest BCUT2D eigenvalue weighted by molar-refractivity contribution is 0.452. The molecule has 21 heavy (non-hydrogen) atoms. The zero-order chi connectivity index (χ0) is 14.8. The van der Waals surface area contributed by atoms with Crippen LogP contribution in [-0.2, 0) is 0 Å². The van der Waals surface area contributed by atoms with E-state index in [1.54, 1.807) is 24.3 Å². The average molecular weight is 318 g/mol. The first-order valence-electron chi connectivity index (χ1n) is 5.95. The highest BCUT2D eigenvalue weighted by Gasteiger charge is 2.09. The van der Waals surface area contributed by atoms with Crippen molar-refractivity contribution in [2.45, 2.75) is 5.16 Å². The number of hydrogen-bond donors (Lipinski definition) is 2. The third-order valence-corrected chi connectivity index (χ3v) is 4.12. The Labute approximate surface area is 127 Å². The van der Waals surface area contributed by atoms with Crippen molar-refractivity contribution >= 4 is 45.4 Å². The average Bonchev–Trinajstić information content (AvgIpc) is 2.95. The van der Waals surface area contributed by atoms with Gasteiger partial charge in [-0.2, -0.15) is 9.36 Å². The number of nitrogens with zero attached hydrogens (tertiary/aromatic N) is 3. The maximum Gasteiger partial charge on any atom is 0.258 e. The quantitative estimate of drug-likeness (QED) is 0.572. The molecule has 8 heteroatoms. The molecule has 0 unspecified atom stereocenters. The fourth-order valence-electron chi connectivity index (χ4n) is 1.87. The zero-order valence-corrected chi connectivity index (χ0v) is 12.5. The van der Waals surface area contributed by atoms with Crippen LogP contribution in [0.4, 0.5) is 5.13 Å². The summed E-state index contributed by atoms with van der Waals surface area (Å²) in [6.45, 7) is 0. The molecule has 1 aromatic carbocycles. The SMILES string of the molecule is CSc1nsc(N=Cc2c(O)[nH]c(=O)c3ccccc23)n1. The van der Waals surface area contributed by atoms with Crippen LogP contribution in [0.3, 0.4) is 0 Å². The van der Waals surface area contributed by atoms with Gasteiger partial charge in [0.25, 0.3) is 5.56 Å². The van der Waals surface area contributed by atoms with Gasteiger partial charge in [0.1, 0.15) is 0 Å². The monoisotopic (exact) mass is 318 g/mol. The zero-order valence-electron chi connectivity index (χ0n) is 10.9. The van der Waals surface area contributed by atoms with Gasteiger partial charge in [0.15, 0.2) is 0 Å². The van der Waals surface area contributed by atoms with Crippen molar-refractivity contribution in [3.05, 3.63) is 40.2 Å². The summed E-state index contributed by atoms with van der Waals surface area (Å²) in [4.78, 5) is 22.6. The lowest BCUT2D eigenvalue weighted by Crippen LogP contribution is -2.07. The number of aliphatic imine (C=N–C) groups is 1. The topological polar surface area (TPSA) is 91.2 Å². The van der Waals surface area contributed by atoms with Crippen molar-refractivity contribution in [3.63, 3.8) is 0 Å². The largest absolute Gasteiger partial charge is 0.494 e. The molecule has 0 bridgehead atoms. The Morgan fingerprint density at radius 1 is 1.38 bits per heavy atom. The van der Waals surface area contributed by atoms with Crippen LogP contribution in [0.2, 0.25) is 0 Å². The fourth-order valence-corrected chi connectivity index (χ4v) is 2.95. The summed E-state index contributed by atoms with van der Waals surface area (Å²) in [6.07, 6.45) is 3.37. The summed E-state index contributed by atoms with van der Waals surface area (Å²) < 4.78 is 4.11.